The van der Waals surface area contributed by atoms with Crippen molar-refractivity contribution >= 4 is 5.69 Å². The molecule has 3 heteroatoms. The first-order valence-electron chi connectivity index (χ1n) is 6.35. The van der Waals surface area contributed by atoms with Crippen LogP contribution < -0.4 is 5.73 Å². The first-order chi connectivity index (χ1) is 8.74. The summed E-state index contributed by atoms with van der Waals surface area (Å²) in [6.45, 7) is 4.94. The number of nitrogens with zero attached hydrogens (tertiary/aromatic N) is 1. The van der Waals surface area contributed by atoms with Gasteiger partial charge in [-0.3, -0.25) is 4.90 Å². The maximum absolute atomic E-state index is 6.06. The van der Waals surface area contributed by atoms with Gasteiger partial charge < -0.3 is 10.2 Å². The van der Waals surface area contributed by atoms with Gasteiger partial charge in [0.15, 0.2) is 0 Å². The molecular formula is C15H18N2O. The molecule has 0 aliphatic carbocycles. The number of hydrogen-bond donors (Lipinski definition) is 1. The molecule has 0 spiro atoms. The fourth-order valence-electron chi connectivity index (χ4n) is 2.57. The Hall–Kier alpha value is -1.74. The van der Waals surface area contributed by atoms with E-state index >= 15 is 0 Å². The molecule has 1 aliphatic heterocycles. The Balaban J connectivity index is 1.79. The molecule has 0 saturated carbocycles. The zero-order chi connectivity index (χ0) is 12.5. The van der Waals surface area contributed by atoms with Gasteiger partial charge in [-0.25, -0.2) is 0 Å². The van der Waals surface area contributed by atoms with E-state index in [0.717, 1.165) is 37.5 Å². The van der Waals surface area contributed by atoms with Crippen molar-refractivity contribution in [2.45, 2.75) is 26.4 Å². The van der Waals surface area contributed by atoms with Crippen LogP contribution >= 0.6 is 0 Å². The SMILES string of the molecule is Cc1ccoc1CN1CCc2cccc(N)c2C1. The third kappa shape index (κ3) is 2.02. The fourth-order valence-corrected chi connectivity index (χ4v) is 2.57. The lowest BCUT2D eigenvalue weighted by molar-refractivity contribution is 0.225. The highest BCUT2D eigenvalue weighted by molar-refractivity contribution is 5.51. The molecule has 1 aromatic carbocycles. The van der Waals surface area contributed by atoms with Crippen molar-refractivity contribution in [2.24, 2.45) is 0 Å². The fraction of sp³-hybridized carbons (Fsp3) is 0.333. The zero-order valence-electron chi connectivity index (χ0n) is 10.6. The van der Waals surface area contributed by atoms with E-state index in [1.807, 2.05) is 18.2 Å². The highest BCUT2D eigenvalue weighted by Gasteiger charge is 2.19. The van der Waals surface area contributed by atoms with Gasteiger partial charge in [-0.2, -0.15) is 0 Å². The normalized spacial score (nSPS) is 15.6. The summed E-state index contributed by atoms with van der Waals surface area (Å²) in [6, 6.07) is 8.23. The molecule has 94 valence electrons. The number of fused-ring (bicyclic) bond motifs is 1. The largest absolute Gasteiger partial charge is 0.468 e. The van der Waals surface area contributed by atoms with E-state index in [1.54, 1.807) is 6.26 Å². The van der Waals surface area contributed by atoms with Crippen molar-refractivity contribution in [3.05, 3.63) is 53.0 Å². The van der Waals surface area contributed by atoms with Gasteiger partial charge in [-0.15, -0.1) is 0 Å². The number of nitrogens with two attached hydrogens (primary N) is 1. The van der Waals surface area contributed by atoms with Crippen molar-refractivity contribution < 1.29 is 4.42 Å². The molecule has 3 nitrogen and oxygen atoms in total. The maximum Gasteiger partial charge on any atom is 0.120 e. The van der Waals surface area contributed by atoms with Gasteiger partial charge in [0.25, 0.3) is 0 Å². The highest BCUT2D eigenvalue weighted by Crippen LogP contribution is 2.25. The average molecular weight is 242 g/mol. The second-order valence-electron chi connectivity index (χ2n) is 4.97. The van der Waals surface area contributed by atoms with Crippen molar-refractivity contribution in [3.63, 3.8) is 0 Å². The third-order valence-electron chi connectivity index (χ3n) is 3.72. The number of aryl methyl sites for hydroxylation is 1. The predicted octanol–water partition coefficient (Wildman–Crippen LogP) is 2.73. The molecule has 0 fully saturated rings. The summed E-state index contributed by atoms with van der Waals surface area (Å²) in [5.41, 5.74) is 10.9. The van der Waals surface area contributed by atoms with Crippen molar-refractivity contribution in [1.82, 2.24) is 4.90 Å². The quantitative estimate of drug-likeness (QED) is 0.823. The topological polar surface area (TPSA) is 42.4 Å². The second kappa shape index (κ2) is 4.50. The Morgan fingerprint density at radius 1 is 1.33 bits per heavy atom. The van der Waals surface area contributed by atoms with E-state index < -0.39 is 0 Å². The van der Waals surface area contributed by atoms with Gasteiger partial charge in [0.05, 0.1) is 12.8 Å². The summed E-state index contributed by atoms with van der Waals surface area (Å²) in [6.07, 6.45) is 2.83. The molecule has 2 N–H and O–H groups in total. The average Bonchev–Trinajstić information content (AvgIpc) is 2.76. The second-order valence-corrected chi connectivity index (χ2v) is 4.97. The van der Waals surface area contributed by atoms with E-state index in [1.165, 1.54) is 16.7 Å². The standard InChI is InChI=1S/C15H18N2O/c1-11-6-8-18-15(11)10-17-7-5-12-3-2-4-14(16)13(12)9-17/h2-4,6,8H,5,7,9-10,16H2,1H3. The van der Waals surface area contributed by atoms with Crippen LogP contribution in [0.1, 0.15) is 22.5 Å². The lowest BCUT2D eigenvalue weighted by atomic mass is 9.98. The predicted molar refractivity (Wildman–Crippen MR) is 72.1 cm³/mol. The summed E-state index contributed by atoms with van der Waals surface area (Å²) < 4.78 is 5.51. The molecule has 18 heavy (non-hydrogen) atoms. The Morgan fingerprint density at radius 2 is 2.22 bits per heavy atom. The van der Waals surface area contributed by atoms with Gasteiger partial charge in [0.2, 0.25) is 0 Å². The molecule has 0 saturated heterocycles. The molecule has 0 amide bonds. The van der Waals surface area contributed by atoms with E-state index in [-0.39, 0.29) is 0 Å². The minimum absolute atomic E-state index is 0.868. The molecule has 2 heterocycles. The summed E-state index contributed by atoms with van der Waals surface area (Å²) in [7, 11) is 0. The van der Waals surface area contributed by atoms with Crippen LogP contribution in [0.3, 0.4) is 0 Å². The van der Waals surface area contributed by atoms with Crippen molar-refractivity contribution in [3.8, 4) is 0 Å². The number of benzene rings is 1. The van der Waals surface area contributed by atoms with Crippen LogP contribution in [0.5, 0.6) is 0 Å². The minimum atomic E-state index is 0.868. The molecular weight excluding hydrogens is 224 g/mol. The number of anilines is 1. The van der Waals surface area contributed by atoms with Gasteiger partial charge in [0.1, 0.15) is 5.76 Å². The third-order valence-corrected chi connectivity index (χ3v) is 3.72. The van der Waals surface area contributed by atoms with Crippen LogP contribution in [0.4, 0.5) is 5.69 Å². The summed E-state index contributed by atoms with van der Waals surface area (Å²) >= 11 is 0. The van der Waals surface area contributed by atoms with E-state index in [4.69, 9.17) is 10.2 Å². The molecule has 0 bridgehead atoms. The first-order valence-corrected chi connectivity index (χ1v) is 6.35. The maximum atomic E-state index is 6.06. The Kier molecular flexibility index (Phi) is 2.84. The molecule has 0 atom stereocenters. The Morgan fingerprint density at radius 3 is 3.00 bits per heavy atom. The smallest absolute Gasteiger partial charge is 0.120 e. The van der Waals surface area contributed by atoms with Crippen LogP contribution in [0.25, 0.3) is 0 Å². The number of hydrogen-bond acceptors (Lipinski definition) is 3. The lowest BCUT2D eigenvalue weighted by Gasteiger charge is -2.29. The van der Waals surface area contributed by atoms with Gasteiger partial charge in [-0.1, -0.05) is 12.1 Å². The monoisotopic (exact) mass is 242 g/mol. The van der Waals surface area contributed by atoms with Crippen LogP contribution in [-0.2, 0) is 19.5 Å². The molecule has 1 aromatic heterocycles. The number of nitrogen functional groups attached to an aromatic ring is 1. The number of furan rings is 1. The van der Waals surface area contributed by atoms with Crippen LogP contribution in [0, 0.1) is 6.92 Å². The minimum Gasteiger partial charge on any atom is -0.468 e. The van der Waals surface area contributed by atoms with Gasteiger partial charge in [0, 0.05) is 18.8 Å². The van der Waals surface area contributed by atoms with Crippen LogP contribution in [0.15, 0.2) is 34.9 Å². The molecule has 3 rings (SSSR count). The Bertz CT molecular complexity index is 559. The molecule has 2 aromatic rings. The lowest BCUT2D eigenvalue weighted by Crippen LogP contribution is -2.30. The van der Waals surface area contributed by atoms with Crippen molar-refractivity contribution in [2.75, 3.05) is 12.3 Å². The molecule has 1 aliphatic rings. The van der Waals surface area contributed by atoms with Gasteiger partial charge >= 0.3 is 0 Å². The van der Waals surface area contributed by atoms with Crippen molar-refractivity contribution in [1.29, 1.82) is 0 Å². The molecule has 0 unspecified atom stereocenters. The summed E-state index contributed by atoms with van der Waals surface area (Å²) in [5, 5.41) is 0. The van der Waals surface area contributed by atoms with Crippen LogP contribution in [0.2, 0.25) is 0 Å². The van der Waals surface area contributed by atoms with E-state index in [2.05, 4.69) is 17.9 Å². The first kappa shape index (κ1) is 11.4. The molecule has 0 radical (unpaired) electrons. The zero-order valence-corrected chi connectivity index (χ0v) is 10.6. The van der Waals surface area contributed by atoms with Crippen LogP contribution in [-0.4, -0.2) is 11.4 Å². The highest BCUT2D eigenvalue weighted by atomic mass is 16.3. The summed E-state index contributed by atoms with van der Waals surface area (Å²) in [4.78, 5) is 2.39. The summed E-state index contributed by atoms with van der Waals surface area (Å²) in [5.74, 6) is 1.06. The number of rotatable bonds is 2. The Labute approximate surface area is 107 Å². The van der Waals surface area contributed by atoms with E-state index in [9.17, 15) is 0 Å². The van der Waals surface area contributed by atoms with Gasteiger partial charge in [-0.05, 0) is 42.2 Å². The van der Waals surface area contributed by atoms with E-state index in [0.29, 0.717) is 0 Å².